The van der Waals surface area contributed by atoms with Crippen molar-refractivity contribution in [3.05, 3.63) is 59.9 Å². The molecule has 0 amide bonds. The van der Waals surface area contributed by atoms with Crippen LogP contribution < -0.4 is 10.1 Å². The first-order valence-corrected chi connectivity index (χ1v) is 8.29. The van der Waals surface area contributed by atoms with Gasteiger partial charge in [-0.25, -0.2) is 0 Å². The summed E-state index contributed by atoms with van der Waals surface area (Å²) < 4.78 is 5.81. The first-order chi connectivity index (χ1) is 11.2. The molecule has 1 N–H and O–H groups in total. The quantitative estimate of drug-likeness (QED) is 0.921. The van der Waals surface area contributed by atoms with Crippen molar-refractivity contribution in [2.24, 2.45) is 0 Å². The Labute approximate surface area is 138 Å². The Bertz CT molecular complexity index is 600. The molecule has 4 heteroatoms. The molecule has 2 atom stereocenters. The predicted molar refractivity (Wildman–Crippen MR) is 92.3 cm³/mol. The average molecular weight is 311 g/mol. The van der Waals surface area contributed by atoms with Gasteiger partial charge < -0.3 is 10.1 Å². The van der Waals surface area contributed by atoms with E-state index in [2.05, 4.69) is 53.3 Å². The molecule has 0 radical (unpaired) electrons. The van der Waals surface area contributed by atoms with Gasteiger partial charge in [-0.2, -0.15) is 0 Å². The lowest BCUT2D eigenvalue weighted by atomic mass is 10.1. The van der Waals surface area contributed by atoms with Crippen molar-refractivity contribution >= 4 is 0 Å². The number of pyridine rings is 1. The second-order valence-corrected chi connectivity index (χ2v) is 6.38. The van der Waals surface area contributed by atoms with Crippen molar-refractivity contribution < 1.29 is 4.74 Å². The minimum absolute atomic E-state index is 0.555. The minimum Gasteiger partial charge on any atom is -0.489 e. The molecule has 2 unspecified atom stereocenters. The summed E-state index contributed by atoms with van der Waals surface area (Å²) in [5.74, 6) is 0.902. The fraction of sp³-hybridized carbons (Fsp3) is 0.421. The van der Waals surface area contributed by atoms with Gasteiger partial charge in [0.05, 0.1) is 0 Å². The van der Waals surface area contributed by atoms with Gasteiger partial charge in [-0.15, -0.1) is 0 Å². The summed E-state index contributed by atoms with van der Waals surface area (Å²) >= 11 is 0. The first-order valence-electron chi connectivity index (χ1n) is 8.29. The number of hydrogen-bond acceptors (Lipinski definition) is 4. The van der Waals surface area contributed by atoms with E-state index in [9.17, 15) is 0 Å². The Kier molecular flexibility index (Phi) is 5.26. The van der Waals surface area contributed by atoms with Gasteiger partial charge >= 0.3 is 0 Å². The standard InChI is InChI=1S/C19H25N3O/c1-15-12-22(16(2)10-21-15)13-17-5-7-19(8-6-17)23-14-18-4-3-9-20-11-18/h3-9,11,15-16,21H,10,12-14H2,1-2H3. The van der Waals surface area contributed by atoms with Gasteiger partial charge in [0.15, 0.2) is 0 Å². The fourth-order valence-corrected chi connectivity index (χ4v) is 2.89. The Morgan fingerprint density at radius 1 is 1.17 bits per heavy atom. The summed E-state index contributed by atoms with van der Waals surface area (Å²) in [6, 6.07) is 13.5. The summed E-state index contributed by atoms with van der Waals surface area (Å²) in [7, 11) is 0. The van der Waals surface area contributed by atoms with E-state index in [0.717, 1.165) is 30.9 Å². The number of hydrogen-bond donors (Lipinski definition) is 1. The van der Waals surface area contributed by atoms with Crippen LogP contribution in [0.2, 0.25) is 0 Å². The first kappa shape index (κ1) is 16.0. The van der Waals surface area contributed by atoms with Gasteiger partial charge in [0, 0.05) is 49.7 Å². The Morgan fingerprint density at radius 2 is 2.00 bits per heavy atom. The van der Waals surface area contributed by atoms with Gasteiger partial charge in [-0.3, -0.25) is 9.88 Å². The van der Waals surface area contributed by atoms with Crippen LogP contribution in [0.25, 0.3) is 0 Å². The number of piperazine rings is 1. The molecule has 1 aliphatic rings. The third-order valence-corrected chi connectivity index (χ3v) is 4.33. The van der Waals surface area contributed by atoms with E-state index in [1.165, 1.54) is 5.56 Å². The zero-order valence-corrected chi connectivity index (χ0v) is 13.9. The molecule has 1 saturated heterocycles. The average Bonchev–Trinajstić information content (AvgIpc) is 2.58. The Hall–Kier alpha value is -1.91. The molecule has 1 aliphatic heterocycles. The highest BCUT2D eigenvalue weighted by Crippen LogP contribution is 2.17. The lowest BCUT2D eigenvalue weighted by Gasteiger charge is -2.37. The summed E-state index contributed by atoms with van der Waals surface area (Å²) in [4.78, 5) is 6.63. The number of nitrogens with one attached hydrogen (secondary N) is 1. The lowest BCUT2D eigenvalue weighted by molar-refractivity contribution is 0.139. The van der Waals surface area contributed by atoms with Crippen LogP contribution in [0.15, 0.2) is 48.8 Å². The molecular weight excluding hydrogens is 286 g/mol. The van der Waals surface area contributed by atoms with Gasteiger partial charge in [0.1, 0.15) is 12.4 Å². The number of aromatic nitrogens is 1. The Balaban J connectivity index is 1.54. The highest BCUT2D eigenvalue weighted by molar-refractivity contribution is 5.27. The van der Waals surface area contributed by atoms with Gasteiger partial charge in [0.25, 0.3) is 0 Å². The SMILES string of the molecule is CC1CN(Cc2ccc(OCc3cccnc3)cc2)C(C)CN1. The smallest absolute Gasteiger partial charge is 0.119 e. The summed E-state index contributed by atoms with van der Waals surface area (Å²) in [6.07, 6.45) is 3.61. The van der Waals surface area contributed by atoms with E-state index in [1.807, 2.05) is 18.3 Å². The molecular formula is C19H25N3O. The molecule has 0 aliphatic carbocycles. The van der Waals surface area contributed by atoms with Crippen LogP contribution in [0.5, 0.6) is 5.75 Å². The molecule has 1 fully saturated rings. The van der Waals surface area contributed by atoms with Crippen LogP contribution in [0.3, 0.4) is 0 Å². The molecule has 4 nitrogen and oxygen atoms in total. The van der Waals surface area contributed by atoms with E-state index in [0.29, 0.717) is 18.7 Å². The zero-order valence-electron chi connectivity index (χ0n) is 13.9. The molecule has 0 saturated carbocycles. The maximum Gasteiger partial charge on any atom is 0.119 e. The highest BCUT2D eigenvalue weighted by Gasteiger charge is 2.21. The molecule has 2 aromatic rings. The molecule has 1 aromatic heterocycles. The fourth-order valence-electron chi connectivity index (χ4n) is 2.89. The monoisotopic (exact) mass is 311 g/mol. The summed E-state index contributed by atoms with van der Waals surface area (Å²) in [5, 5.41) is 3.52. The topological polar surface area (TPSA) is 37.4 Å². The molecule has 0 spiro atoms. The van der Waals surface area contributed by atoms with Crippen LogP contribution >= 0.6 is 0 Å². The van der Waals surface area contributed by atoms with Crippen molar-refractivity contribution in [3.63, 3.8) is 0 Å². The van der Waals surface area contributed by atoms with Crippen LogP contribution in [0.1, 0.15) is 25.0 Å². The van der Waals surface area contributed by atoms with Crippen LogP contribution in [0.4, 0.5) is 0 Å². The van der Waals surface area contributed by atoms with Crippen LogP contribution in [-0.4, -0.2) is 35.1 Å². The van der Waals surface area contributed by atoms with Crippen LogP contribution in [-0.2, 0) is 13.2 Å². The van der Waals surface area contributed by atoms with Crippen molar-refractivity contribution in [2.75, 3.05) is 13.1 Å². The van der Waals surface area contributed by atoms with Crippen LogP contribution in [0, 0.1) is 0 Å². The second-order valence-electron chi connectivity index (χ2n) is 6.38. The third-order valence-electron chi connectivity index (χ3n) is 4.33. The summed E-state index contributed by atoms with van der Waals surface area (Å²) in [6.45, 7) is 8.24. The zero-order chi connectivity index (χ0) is 16.1. The Morgan fingerprint density at radius 3 is 2.74 bits per heavy atom. The van der Waals surface area contributed by atoms with E-state index < -0.39 is 0 Å². The van der Waals surface area contributed by atoms with Crippen molar-refractivity contribution in [1.82, 2.24) is 15.2 Å². The van der Waals surface area contributed by atoms with Crippen molar-refractivity contribution in [3.8, 4) is 5.75 Å². The normalized spacial score (nSPS) is 22.0. The molecule has 122 valence electrons. The van der Waals surface area contributed by atoms with Gasteiger partial charge in [0.2, 0.25) is 0 Å². The van der Waals surface area contributed by atoms with Gasteiger partial charge in [-0.05, 0) is 37.6 Å². The van der Waals surface area contributed by atoms with Crippen molar-refractivity contribution in [1.29, 1.82) is 0 Å². The number of ether oxygens (including phenoxy) is 1. The maximum atomic E-state index is 5.81. The molecule has 23 heavy (non-hydrogen) atoms. The third kappa shape index (κ3) is 4.53. The van der Waals surface area contributed by atoms with E-state index in [1.54, 1.807) is 6.20 Å². The summed E-state index contributed by atoms with van der Waals surface area (Å²) in [5.41, 5.74) is 2.42. The maximum absolute atomic E-state index is 5.81. The number of benzene rings is 1. The largest absolute Gasteiger partial charge is 0.489 e. The molecule has 3 rings (SSSR count). The molecule has 0 bridgehead atoms. The molecule has 1 aromatic carbocycles. The number of nitrogens with zero attached hydrogens (tertiary/aromatic N) is 2. The lowest BCUT2D eigenvalue weighted by Crippen LogP contribution is -2.53. The van der Waals surface area contributed by atoms with E-state index in [-0.39, 0.29) is 0 Å². The number of rotatable bonds is 5. The van der Waals surface area contributed by atoms with Gasteiger partial charge in [-0.1, -0.05) is 18.2 Å². The predicted octanol–water partition coefficient (Wildman–Crippen LogP) is 2.84. The second kappa shape index (κ2) is 7.57. The minimum atomic E-state index is 0.555. The molecule has 2 heterocycles. The highest BCUT2D eigenvalue weighted by atomic mass is 16.5. The van der Waals surface area contributed by atoms with E-state index >= 15 is 0 Å². The van der Waals surface area contributed by atoms with Crippen molar-refractivity contribution in [2.45, 2.75) is 39.1 Å². The van der Waals surface area contributed by atoms with E-state index in [4.69, 9.17) is 4.74 Å².